The molecular weight excluding hydrogens is 494 g/mol. The van der Waals surface area contributed by atoms with Crippen molar-refractivity contribution in [3.63, 3.8) is 0 Å². The van der Waals surface area contributed by atoms with Gasteiger partial charge in [0, 0.05) is 0 Å². The average molecular weight is 516 g/mol. The number of rotatable bonds is 3. The van der Waals surface area contributed by atoms with E-state index in [1.54, 1.807) is 0 Å². The van der Waals surface area contributed by atoms with Gasteiger partial charge in [-0.2, -0.15) is 0 Å². The third kappa shape index (κ3) is 3.33. The van der Waals surface area contributed by atoms with Crippen LogP contribution < -0.4 is 0 Å². The second-order valence-electron chi connectivity index (χ2n) is 10.8. The zero-order chi connectivity index (χ0) is 26.9. The van der Waals surface area contributed by atoms with Crippen molar-refractivity contribution in [2.75, 3.05) is 0 Å². The number of hydrogen-bond donors (Lipinski definition) is 0. The van der Waals surface area contributed by atoms with Gasteiger partial charge in [0.15, 0.2) is 0 Å². The predicted molar refractivity (Wildman–Crippen MR) is 176 cm³/mol. The fourth-order valence-electron chi connectivity index (χ4n) is 6.81. The first-order valence-electron chi connectivity index (χ1n) is 14.1. The van der Waals surface area contributed by atoms with Crippen LogP contribution in [0.3, 0.4) is 0 Å². The third-order valence-electron chi connectivity index (χ3n) is 8.65. The van der Waals surface area contributed by atoms with Crippen LogP contribution in [0.15, 0.2) is 137 Å². The fourth-order valence-corrected chi connectivity index (χ4v) is 6.81. The van der Waals surface area contributed by atoms with Gasteiger partial charge in [-0.25, -0.2) is 0 Å². The number of furan rings is 1. The normalized spacial score (nSPS) is 11.7. The Labute approximate surface area is 238 Å². The van der Waals surface area contributed by atoms with Crippen molar-refractivity contribution in [3.8, 4) is 33.4 Å². The zero-order valence-electron chi connectivity index (χ0n) is 22.3. The summed E-state index contributed by atoms with van der Waals surface area (Å²) in [5.74, 6) is 8.58. The summed E-state index contributed by atoms with van der Waals surface area (Å²) in [6, 6.07) is 39.7. The Bertz CT molecular complexity index is 2410. The van der Waals surface area contributed by atoms with Gasteiger partial charge >= 0.3 is 239 Å². The van der Waals surface area contributed by atoms with E-state index in [1.165, 1.54) is 60.1 Å². The predicted octanol–water partition coefficient (Wildman–Crippen LogP) is 10.2. The van der Waals surface area contributed by atoms with Crippen LogP contribution in [0.1, 0.15) is 0 Å². The minimum atomic E-state index is 0.920. The van der Waals surface area contributed by atoms with Crippen molar-refractivity contribution in [2.24, 2.45) is 0 Å². The second kappa shape index (κ2) is 8.74. The molecule has 0 atom stereocenters. The van der Waals surface area contributed by atoms with Crippen molar-refractivity contribution in [1.82, 2.24) is 0 Å². The summed E-state index contributed by atoms with van der Waals surface area (Å²) >= 11 is 0. The molecule has 0 aliphatic carbocycles. The van der Waals surface area contributed by atoms with Crippen LogP contribution in [0.4, 0.5) is 0 Å². The van der Waals surface area contributed by atoms with Crippen molar-refractivity contribution < 1.29 is 4.42 Å². The van der Waals surface area contributed by atoms with Crippen LogP contribution in [0.5, 0.6) is 0 Å². The molecule has 1 nitrogen and oxygen atoms in total. The van der Waals surface area contributed by atoms with Crippen LogP contribution in [0, 0.1) is 0 Å². The number of benzene rings is 6. The van der Waals surface area contributed by atoms with Crippen molar-refractivity contribution in [2.45, 2.75) is 0 Å². The topological polar surface area (TPSA) is 13.1 Å². The molecule has 0 radical (unpaired) electrons. The maximum atomic E-state index is 6.55. The van der Waals surface area contributed by atoms with E-state index in [0.29, 0.717) is 0 Å². The first-order valence-corrected chi connectivity index (χ1v) is 14.1. The quantitative estimate of drug-likeness (QED) is 0.213. The Morgan fingerprint density at radius 2 is 1.12 bits per heavy atom. The van der Waals surface area contributed by atoms with Crippen molar-refractivity contribution in [3.05, 3.63) is 133 Å². The second-order valence-corrected chi connectivity index (χ2v) is 10.8. The van der Waals surface area contributed by atoms with Gasteiger partial charge in [-0.15, -0.1) is 0 Å². The van der Waals surface area contributed by atoms with Crippen molar-refractivity contribution >= 4 is 68.1 Å². The summed E-state index contributed by atoms with van der Waals surface area (Å²) < 4.78 is 6.55. The maximum absolute atomic E-state index is 6.55. The van der Waals surface area contributed by atoms with E-state index in [4.69, 9.17) is 4.42 Å². The standard InChI is InChI=1S/C38H22B2O/c1-2-11-35-27(8-1)31-9-3-10-32(38(31)41-35)34-20-33(25-7-5-19-40-22-25)29-15-13-23-12-14-26(24-6-4-18-39-21-24)28-16-17-30(34)37(29)36(23)28/h1-22H. The molecule has 0 saturated heterocycles. The van der Waals surface area contributed by atoms with E-state index in [1.807, 2.05) is 6.07 Å². The van der Waals surface area contributed by atoms with E-state index in [-0.39, 0.29) is 0 Å². The molecule has 0 N–H and O–H groups in total. The van der Waals surface area contributed by atoms with Crippen LogP contribution in [-0.4, -0.2) is 13.8 Å². The van der Waals surface area contributed by atoms with E-state index in [9.17, 15) is 0 Å². The zero-order valence-corrected chi connectivity index (χ0v) is 22.3. The van der Waals surface area contributed by atoms with E-state index < -0.39 is 0 Å². The summed E-state index contributed by atoms with van der Waals surface area (Å²) in [6.45, 7) is 4.24. The Balaban J connectivity index is 1.46. The minimum absolute atomic E-state index is 0.920. The van der Waals surface area contributed by atoms with Gasteiger partial charge in [0.2, 0.25) is 0 Å². The Morgan fingerprint density at radius 1 is 0.439 bits per heavy atom. The van der Waals surface area contributed by atoms with Gasteiger partial charge in [0.05, 0.1) is 0 Å². The molecule has 0 amide bonds. The van der Waals surface area contributed by atoms with Gasteiger partial charge in [-0.1, -0.05) is 0 Å². The molecule has 6 aromatic carbocycles. The molecule has 0 saturated carbocycles. The molecule has 9 rings (SSSR count). The number of hydrogen-bond acceptors (Lipinski definition) is 1. The SMILES string of the molecule is b1cccc(-c2ccc3ccc4c(-c5cbccc5)cc(-c5cccc6c5oc5ccccc56)c5ccc2c3c45)c1. The molecule has 0 unspecified atom stereocenters. The summed E-state index contributed by atoms with van der Waals surface area (Å²) in [5, 5.41) is 9.99. The molecular formula is C38H22B2O. The summed E-state index contributed by atoms with van der Waals surface area (Å²) in [4.78, 5) is 0. The van der Waals surface area contributed by atoms with Crippen LogP contribution in [-0.2, 0) is 0 Å². The molecule has 9 aromatic rings. The molecule has 41 heavy (non-hydrogen) atoms. The summed E-state index contributed by atoms with van der Waals surface area (Å²) in [5.41, 5.74) is 9.13. The van der Waals surface area contributed by atoms with Crippen LogP contribution >= 0.6 is 0 Å². The van der Waals surface area contributed by atoms with Crippen LogP contribution in [0.2, 0.25) is 0 Å². The molecule has 0 fully saturated rings. The summed E-state index contributed by atoms with van der Waals surface area (Å²) in [7, 11) is 0. The van der Waals surface area contributed by atoms with Crippen LogP contribution in [0.25, 0.3) is 87.6 Å². The van der Waals surface area contributed by atoms with E-state index in [2.05, 4.69) is 141 Å². The van der Waals surface area contributed by atoms with E-state index in [0.717, 1.165) is 27.5 Å². The Morgan fingerprint density at radius 3 is 1.93 bits per heavy atom. The molecule has 0 aliphatic heterocycles. The third-order valence-corrected chi connectivity index (χ3v) is 8.65. The van der Waals surface area contributed by atoms with Gasteiger partial charge in [0.1, 0.15) is 0 Å². The molecule has 0 spiro atoms. The van der Waals surface area contributed by atoms with Crippen molar-refractivity contribution in [1.29, 1.82) is 0 Å². The molecule has 0 bridgehead atoms. The van der Waals surface area contributed by atoms with Gasteiger partial charge in [-0.3, -0.25) is 0 Å². The molecule has 3 heterocycles. The van der Waals surface area contributed by atoms with Gasteiger partial charge in [-0.05, 0) is 0 Å². The van der Waals surface area contributed by atoms with Gasteiger partial charge < -0.3 is 0 Å². The summed E-state index contributed by atoms with van der Waals surface area (Å²) in [6.07, 6.45) is 0. The molecule has 0 aliphatic rings. The average Bonchev–Trinajstić information content (AvgIpc) is 3.43. The molecule has 186 valence electrons. The Hall–Kier alpha value is -5.01. The number of fused-ring (bicyclic) bond motifs is 3. The number of para-hydroxylation sites is 2. The Kier molecular flexibility index (Phi) is 4.86. The molecule has 3 heteroatoms. The fraction of sp³-hybridized carbons (Fsp3) is 0. The first kappa shape index (κ1) is 22.8. The van der Waals surface area contributed by atoms with Gasteiger partial charge in [0.25, 0.3) is 0 Å². The first-order chi connectivity index (χ1) is 20.3. The van der Waals surface area contributed by atoms with E-state index >= 15 is 0 Å². The molecule has 3 aromatic heterocycles. The monoisotopic (exact) mass is 516 g/mol.